The second-order valence-corrected chi connectivity index (χ2v) is 6.31. The van der Waals surface area contributed by atoms with Crippen molar-refractivity contribution in [1.29, 1.82) is 10.8 Å². The predicted molar refractivity (Wildman–Crippen MR) is 96.3 cm³/mol. The highest BCUT2D eigenvalue weighted by Crippen LogP contribution is 2.21. The van der Waals surface area contributed by atoms with Gasteiger partial charge in [0.15, 0.2) is 0 Å². The van der Waals surface area contributed by atoms with Gasteiger partial charge in [-0.1, -0.05) is 71.2 Å². The van der Waals surface area contributed by atoms with E-state index >= 15 is 0 Å². The third-order valence-corrected chi connectivity index (χ3v) is 2.96. The fourth-order valence-corrected chi connectivity index (χ4v) is 1.57. The lowest BCUT2D eigenvalue weighted by Gasteiger charge is -2.16. The molecule has 0 radical (unpaired) electrons. The third kappa shape index (κ3) is 28.8. The van der Waals surface area contributed by atoms with Gasteiger partial charge in [0.1, 0.15) is 0 Å². The molecule has 0 aliphatic carbocycles. The van der Waals surface area contributed by atoms with Crippen LogP contribution in [0.1, 0.15) is 64.5 Å². The van der Waals surface area contributed by atoms with Crippen LogP contribution in [0.2, 0.25) is 0 Å². The summed E-state index contributed by atoms with van der Waals surface area (Å²) in [7, 11) is 0. The van der Waals surface area contributed by atoms with Crippen molar-refractivity contribution in [2.45, 2.75) is 67.2 Å². The highest BCUT2D eigenvalue weighted by Gasteiger charge is 2.07. The Morgan fingerprint density at radius 3 is 1.48 bits per heavy atom. The molecule has 4 heteroatoms. The van der Waals surface area contributed by atoms with Gasteiger partial charge in [0, 0.05) is 0 Å². The molecular weight excluding hydrogens is 288 g/mol. The van der Waals surface area contributed by atoms with Crippen molar-refractivity contribution in [1.82, 2.24) is 0 Å². The van der Waals surface area contributed by atoms with Crippen molar-refractivity contribution in [3.05, 3.63) is 35.4 Å². The van der Waals surface area contributed by atoms with Crippen molar-refractivity contribution in [3.63, 3.8) is 0 Å². The number of rotatable bonds is 3. The normalized spacial score (nSPS) is 8.61. The van der Waals surface area contributed by atoms with Gasteiger partial charge in [0.25, 0.3) is 0 Å². The highest BCUT2D eigenvalue weighted by molar-refractivity contribution is 5.26. The Kier molecular flexibility index (Phi) is 20.3. The van der Waals surface area contributed by atoms with Crippen LogP contribution in [0.5, 0.6) is 0 Å². The molecule has 0 aromatic heterocycles. The van der Waals surface area contributed by atoms with Crippen LogP contribution in [-0.4, -0.2) is 12.2 Å². The monoisotopic (exact) mass is 320 g/mol. The summed E-state index contributed by atoms with van der Waals surface area (Å²) in [4.78, 5) is 16.7. The number of isocyanates is 2. The number of hydrogen-bond acceptors (Lipinski definition) is 4. The third-order valence-electron chi connectivity index (χ3n) is 2.96. The molecule has 130 valence electrons. The fourth-order valence-electron chi connectivity index (χ4n) is 1.57. The molecule has 1 aromatic carbocycles. The molecule has 4 nitrogen and oxygen atoms in total. The molecular formula is C19H32N2O2. The molecule has 23 heavy (non-hydrogen) atoms. The molecule has 1 aromatic rings. The smallest absolute Gasteiger partial charge is 0.222 e. The zero-order valence-electron chi connectivity index (χ0n) is 15.5. The van der Waals surface area contributed by atoms with Crippen LogP contribution < -0.4 is 0 Å². The quantitative estimate of drug-likeness (QED) is 0.424. The van der Waals surface area contributed by atoms with Crippen molar-refractivity contribution in [2.24, 2.45) is 5.41 Å². The van der Waals surface area contributed by atoms with E-state index in [1.807, 2.05) is 0 Å². The minimum absolute atomic E-state index is 0.551. The van der Waals surface area contributed by atoms with Crippen LogP contribution >= 0.6 is 0 Å². The van der Waals surface area contributed by atoms with Gasteiger partial charge < -0.3 is 0 Å². The zero-order chi connectivity index (χ0) is 18.7. The number of carbonyl (C=O) groups excluding carboxylic acids is 2. The zero-order valence-corrected chi connectivity index (χ0v) is 15.5. The first-order valence-corrected chi connectivity index (χ1v) is 7.80. The second-order valence-electron chi connectivity index (χ2n) is 6.31. The first-order chi connectivity index (χ1) is 10.7. The van der Waals surface area contributed by atoms with Crippen LogP contribution in [-0.2, 0) is 9.59 Å². The number of hydrogen-bond donors (Lipinski definition) is 2. The standard InChI is InChI=1S/C9H20.C8H10.2CHNO/c1-5-6-7-8-9(2,3)4;1-7-5-3-4-6-8(7)2;2*2-1-3/h5-8H2,1-4H3;3-6H,1-2H3;2*2H. The molecule has 0 bridgehead atoms. The van der Waals surface area contributed by atoms with Crippen molar-refractivity contribution in [3.8, 4) is 0 Å². The van der Waals surface area contributed by atoms with Gasteiger partial charge >= 0.3 is 0 Å². The van der Waals surface area contributed by atoms with Crippen molar-refractivity contribution < 1.29 is 9.59 Å². The molecule has 0 atom stereocenters. The van der Waals surface area contributed by atoms with Crippen LogP contribution in [0.3, 0.4) is 0 Å². The van der Waals surface area contributed by atoms with Gasteiger partial charge in [-0.05, 0) is 36.8 Å². The number of nitrogens with one attached hydrogen (secondary N) is 2. The summed E-state index contributed by atoms with van der Waals surface area (Å²) >= 11 is 0. The van der Waals surface area contributed by atoms with E-state index in [0.717, 1.165) is 12.2 Å². The Hall–Kier alpha value is -2.02. The van der Waals surface area contributed by atoms with E-state index in [-0.39, 0.29) is 0 Å². The molecule has 0 saturated carbocycles. The molecule has 1 rings (SSSR count). The summed E-state index contributed by atoms with van der Waals surface area (Å²) in [5.41, 5.74) is 3.29. The first kappa shape index (κ1) is 25.9. The van der Waals surface area contributed by atoms with Crippen molar-refractivity contribution in [2.75, 3.05) is 0 Å². The van der Waals surface area contributed by atoms with Gasteiger partial charge in [-0.3, -0.25) is 0 Å². The molecule has 0 heterocycles. The van der Waals surface area contributed by atoms with Gasteiger partial charge in [0.2, 0.25) is 12.2 Å². The molecule has 0 amide bonds. The molecule has 0 aliphatic heterocycles. The lowest BCUT2D eigenvalue weighted by Crippen LogP contribution is -2.03. The molecule has 0 spiro atoms. The maximum Gasteiger partial charge on any atom is 0.231 e. The number of aryl methyl sites for hydroxylation is 2. The maximum absolute atomic E-state index is 8.35. The van der Waals surface area contributed by atoms with Crippen LogP contribution in [0.4, 0.5) is 0 Å². The topological polar surface area (TPSA) is 81.8 Å². The van der Waals surface area contributed by atoms with Crippen LogP contribution in [0.15, 0.2) is 24.3 Å². The number of benzene rings is 1. The first-order valence-electron chi connectivity index (χ1n) is 7.80. The Morgan fingerprint density at radius 1 is 0.913 bits per heavy atom. The van der Waals surface area contributed by atoms with E-state index in [1.165, 1.54) is 36.8 Å². The summed E-state index contributed by atoms with van der Waals surface area (Å²) in [6.45, 7) is 13.4. The molecule has 2 N–H and O–H groups in total. The van der Waals surface area contributed by atoms with E-state index in [9.17, 15) is 0 Å². The van der Waals surface area contributed by atoms with E-state index in [2.05, 4.69) is 65.8 Å². The predicted octanol–water partition coefficient (Wildman–Crippen LogP) is 5.72. The molecule has 0 fully saturated rings. The number of unbranched alkanes of at least 4 members (excludes halogenated alkanes) is 2. The molecule has 0 aliphatic rings. The lowest BCUT2D eigenvalue weighted by atomic mass is 9.90. The summed E-state index contributed by atoms with van der Waals surface area (Å²) in [5.74, 6) is 0. The van der Waals surface area contributed by atoms with E-state index in [0.29, 0.717) is 5.41 Å². The van der Waals surface area contributed by atoms with Gasteiger partial charge in [-0.25, -0.2) is 20.4 Å². The lowest BCUT2D eigenvalue weighted by molar-refractivity contribution is 0.359. The highest BCUT2D eigenvalue weighted by atomic mass is 16.1. The van der Waals surface area contributed by atoms with Crippen LogP contribution in [0.25, 0.3) is 0 Å². The van der Waals surface area contributed by atoms with E-state index < -0.39 is 0 Å². The Labute approximate surface area is 141 Å². The van der Waals surface area contributed by atoms with Crippen molar-refractivity contribution >= 4 is 12.2 Å². The Bertz CT molecular complexity index is 418. The Morgan fingerprint density at radius 2 is 1.26 bits per heavy atom. The maximum atomic E-state index is 8.35. The average molecular weight is 320 g/mol. The summed E-state index contributed by atoms with van der Waals surface area (Å²) < 4.78 is 0. The van der Waals surface area contributed by atoms with E-state index in [4.69, 9.17) is 20.4 Å². The summed E-state index contributed by atoms with van der Waals surface area (Å²) in [6.07, 6.45) is 7.02. The largest absolute Gasteiger partial charge is 0.231 e. The van der Waals surface area contributed by atoms with Gasteiger partial charge in [0.05, 0.1) is 0 Å². The van der Waals surface area contributed by atoms with Gasteiger partial charge in [-0.15, -0.1) is 0 Å². The molecule has 0 unspecified atom stereocenters. The Balaban J connectivity index is -0.000000261. The fraction of sp³-hybridized carbons (Fsp3) is 0.579. The summed E-state index contributed by atoms with van der Waals surface area (Å²) in [5, 5.41) is 10.8. The van der Waals surface area contributed by atoms with E-state index in [1.54, 1.807) is 0 Å². The minimum atomic E-state index is 0.551. The SMILES string of the molecule is CCCCCC(C)(C)C.Cc1ccccc1C.N=C=O.N=C=O. The summed E-state index contributed by atoms with van der Waals surface area (Å²) in [6, 6.07) is 8.36. The molecule has 0 saturated heterocycles. The van der Waals surface area contributed by atoms with Gasteiger partial charge in [-0.2, -0.15) is 0 Å². The average Bonchev–Trinajstić information content (AvgIpc) is 2.44. The van der Waals surface area contributed by atoms with Crippen LogP contribution in [0, 0.1) is 30.1 Å². The second kappa shape index (κ2) is 18.0. The minimum Gasteiger partial charge on any atom is -0.222 e.